The summed E-state index contributed by atoms with van der Waals surface area (Å²) in [6.45, 7) is 8.43. The number of ether oxygens (including phenoxy) is 1. The molecule has 0 unspecified atom stereocenters. The molecule has 6 nitrogen and oxygen atoms in total. The minimum Gasteiger partial charge on any atom is -0.385 e. The Hall–Kier alpha value is -1.35. The molecule has 162 valence electrons. The molecule has 1 aliphatic carbocycles. The molecule has 1 fully saturated rings. The summed E-state index contributed by atoms with van der Waals surface area (Å²) < 4.78 is 7.61. The van der Waals surface area contributed by atoms with E-state index in [1.54, 1.807) is 7.11 Å². The van der Waals surface area contributed by atoms with E-state index >= 15 is 0 Å². The van der Waals surface area contributed by atoms with Crippen LogP contribution in [0.4, 0.5) is 0 Å². The molecule has 1 saturated carbocycles. The van der Waals surface area contributed by atoms with Gasteiger partial charge in [0.2, 0.25) is 0 Å². The highest BCUT2D eigenvalue weighted by atomic mass is 127. The molecule has 0 radical (unpaired) electrons. The number of guanidine groups is 1. The van der Waals surface area contributed by atoms with Crippen LogP contribution in [0.15, 0.2) is 29.3 Å². The van der Waals surface area contributed by atoms with Crippen molar-refractivity contribution in [2.24, 2.45) is 10.4 Å². The van der Waals surface area contributed by atoms with Crippen LogP contribution in [0.3, 0.4) is 0 Å². The zero-order chi connectivity index (χ0) is 19.8. The van der Waals surface area contributed by atoms with E-state index in [1.807, 2.05) is 6.07 Å². The second-order valence-electron chi connectivity index (χ2n) is 7.87. The number of nitrogens with zero attached hydrogens (tertiary/aromatic N) is 3. The monoisotopic (exact) mass is 513 g/mol. The second kappa shape index (κ2) is 11.7. The van der Waals surface area contributed by atoms with Crippen molar-refractivity contribution < 1.29 is 4.74 Å². The van der Waals surface area contributed by atoms with Crippen molar-refractivity contribution in [1.82, 2.24) is 20.2 Å². The van der Waals surface area contributed by atoms with Gasteiger partial charge in [-0.05, 0) is 50.7 Å². The number of aliphatic imine (C=N–C) groups is 1. The Labute approximate surface area is 191 Å². The van der Waals surface area contributed by atoms with Gasteiger partial charge in [0, 0.05) is 39.9 Å². The summed E-state index contributed by atoms with van der Waals surface area (Å²) in [5, 5.41) is 6.90. The van der Waals surface area contributed by atoms with E-state index in [1.165, 1.54) is 31.2 Å². The smallest absolute Gasteiger partial charge is 0.191 e. The number of fused-ring (bicyclic) bond motifs is 1. The summed E-state index contributed by atoms with van der Waals surface area (Å²) in [6.07, 6.45) is 6.26. The first-order valence-electron chi connectivity index (χ1n) is 10.6. The highest BCUT2D eigenvalue weighted by Crippen LogP contribution is 2.41. The number of aryl methyl sites for hydroxylation is 1. The van der Waals surface area contributed by atoms with Gasteiger partial charge in [-0.25, -0.2) is 4.98 Å². The SMILES string of the molecule is CCNC(=NCC1(CCOC)CCCC1)NCCn1c(C)nc2ccccc21.I. The average molecular weight is 513 g/mol. The third kappa shape index (κ3) is 6.31. The van der Waals surface area contributed by atoms with Crippen LogP contribution >= 0.6 is 24.0 Å². The van der Waals surface area contributed by atoms with Crippen LogP contribution in [0.25, 0.3) is 11.0 Å². The number of imidazole rings is 1. The number of para-hydroxylation sites is 2. The number of rotatable bonds is 9. The van der Waals surface area contributed by atoms with Crippen molar-refractivity contribution in [3.63, 3.8) is 0 Å². The van der Waals surface area contributed by atoms with Gasteiger partial charge >= 0.3 is 0 Å². The molecule has 7 heteroatoms. The highest BCUT2D eigenvalue weighted by Gasteiger charge is 2.33. The Morgan fingerprint density at radius 2 is 2.00 bits per heavy atom. The summed E-state index contributed by atoms with van der Waals surface area (Å²) in [5.41, 5.74) is 2.56. The minimum absolute atomic E-state index is 0. The van der Waals surface area contributed by atoms with Crippen molar-refractivity contribution in [2.75, 3.05) is 33.4 Å². The van der Waals surface area contributed by atoms with E-state index in [4.69, 9.17) is 9.73 Å². The van der Waals surface area contributed by atoms with E-state index in [9.17, 15) is 0 Å². The van der Waals surface area contributed by atoms with E-state index < -0.39 is 0 Å². The Morgan fingerprint density at radius 3 is 2.72 bits per heavy atom. The second-order valence-corrected chi connectivity index (χ2v) is 7.87. The van der Waals surface area contributed by atoms with Gasteiger partial charge in [0.15, 0.2) is 5.96 Å². The molecule has 1 aromatic heterocycles. The molecule has 0 spiro atoms. The summed E-state index contributed by atoms with van der Waals surface area (Å²) in [5.74, 6) is 1.96. The maximum absolute atomic E-state index is 5.35. The number of methoxy groups -OCH3 is 1. The van der Waals surface area contributed by atoms with Gasteiger partial charge in [-0.1, -0.05) is 25.0 Å². The lowest BCUT2D eigenvalue weighted by Crippen LogP contribution is -2.40. The van der Waals surface area contributed by atoms with Crippen LogP contribution in [0.5, 0.6) is 0 Å². The molecule has 1 aromatic carbocycles. The first-order valence-corrected chi connectivity index (χ1v) is 10.6. The van der Waals surface area contributed by atoms with Gasteiger partial charge in [0.25, 0.3) is 0 Å². The third-order valence-electron chi connectivity index (χ3n) is 5.89. The number of hydrogen-bond donors (Lipinski definition) is 2. The average Bonchev–Trinajstić information content (AvgIpc) is 3.29. The van der Waals surface area contributed by atoms with Gasteiger partial charge in [-0.3, -0.25) is 4.99 Å². The van der Waals surface area contributed by atoms with Crippen molar-refractivity contribution in [1.29, 1.82) is 0 Å². The predicted octanol–water partition coefficient (Wildman–Crippen LogP) is 4.11. The fourth-order valence-electron chi connectivity index (χ4n) is 4.28. The minimum atomic E-state index is 0. The number of halogens is 1. The Kier molecular flexibility index (Phi) is 9.68. The number of benzene rings is 1. The molecular weight excluding hydrogens is 477 g/mol. The number of nitrogens with one attached hydrogen (secondary N) is 2. The molecule has 2 N–H and O–H groups in total. The quantitative estimate of drug-likeness (QED) is 0.301. The fourth-order valence-corrected chi connectivity index (χ4v) is 4.28. The zero-order valence-electron chi connectivity index (χ0n) is 18.0. The Bertz CT molecular complexity index is 783. The van der Waals surface area contributed by atoms with E-state index in [-0.39, 0.29) is 24.0 Å². The van der Waals surface area contributed by atoms with Crippen molar-refractivity contribution in [2.45, 2.75) is 52.5 Å². The van der Waals surface area contributed by atoms with E-state index in [0.717, 1.165) is 56.5 Å². The Balaban J connectivity index is 0.00000300. The maximum atomic E-state index is 5.35. The molecule has 0 bridgehead atoms. The van der Waals surface area contributed by atoms with Crippen LogP contribution in [-0.2, 0) is 11.3 Å². The van der Waals surface area contributed by atoms with Crippen molar-refractivity contribution >= 4 is 41.0 Å². The maximum Gasteiger partial charge on any atom is 0.191 e. The molecule has 0 atom stereocenters. The van der Waals surface area contributed by atoms with E-state index in [0.29, 0.717) is 5.41 Å². The molecule has 2 aromatic rings. The largest absolute Gasteiger partial charge is 0.385 e. The third-order valence-corrected chi connectivity index (χ3v) is 5.89. The van der Waals surface area contributed by atoms with Gasteiger partial charge in [0.05, 0.1) is 11.0 Å². The van der Waals surface area contributed by atoms with E-state index in [2.05, 4.69) is 52.2 Å². The van der Waals surface area contributed by atoms with Crippen molar-refractivity contribution in [3.8, 4) is 0 Å². The van der Waals surface area contributed by atoms with Crippen molar-refractivity contribution in [3.05, 3.63) is 30.1 Å². The fraction of sp³-hybridized carbons (Fsp3) is 0.636. The van der Waals surface area contributed by atoms with Gasteiger partial charge in [-0.2, -0.15) is 0 Å². The molecule has 1 aliphatic rings. The molecule has 0 saturated heterocycles. The number of aromatic nitrogens is 2. The highest BCUT2D eigenvalue weighted by molar-refractivity contribution is 14.0. The van der Waals surface area contributed by atoms with Crippen LogP contribution in [-0.4, -0.2) is 48.9 Å². The topological polar surface area (TPSA) is 63.5 Å². The summed E-state index contributed by atoms with van der Waals surface area (Å²) in [7, 11) is 1.79. The first kappa shape index (κ1) is 23.9. The lowest BCUT2D eigenvalue weighted by molar-refractivity contribution is 0.141. The lowest BCUT2D eigenvalue weighted by atomic mass is 9.83. The van der Waals surface area contributed by atoms with Crippen LogP contribution in [0, 0.1) is 12.3 Å². The normalized spacial score (nSPS) is 16.0. The molecule has 29 heavy (non-hydrogen) atoms. The van der Waals surface area contributed by atoms with Crippen LogP contribution < -0.4 is 10.6 Å². The molecular formula is C22H36IN5O. The number of hydrogen-bond acceptors (Lipinski definition) is 3. The Morgan fingerprint density at radius 1 is 1.24 bits per heavy atom. The summed E-state index contributed by atoms with van der Waals surface area (Å²) >= 11 is 0. The van der Waals surface area contributed by atoms with Gasteiger partial charge in [0.1, 0.15) is 5.82 Å². The van der Waals surface area contributed by atoms with Gasteiger partial charge < -0.3 is 19.9 Å². The molecule has 0 aliphatic heterocycles. The van der Waals surface area contributed by atoms with Crippen LogP contribution in [0.1, 0.15) is 44.9 Å². The predicted molar refractivity (Wildman–Crippen MR) is 131 cm³/mol. The molecule has 0 amide bonds. The summed E-state index contributed by atoms with van der Waals surface area (Å²) in [4.78, 5) is 9.59. The zero-order valence-corrected chi connectivity index (χ0v) is 20.4. The molecule has 3 rings (SSSR count). The lowest BCUT2D eigenvalue weighted by Gasteiger charge is -2.27. The van der Waals surface area contributed by atoms with Crippen LogP contribution in [0.2, 0.25) is 0 Å². The molecule has 1 heterocycles. The first-order chi connectivity index (χ1) is 13.7. The standard InChI is InChI=1S/C22H35N5O.HI/c1-4-23-21(25-17-22(13-16-28-3)11-7-8-12-22)24-14-15-27-18(2)26-19-9-5-6-10-20(19)27;/h5-6,9-10H,4,7-8,11-17H2,1-3H3,(H2,23,24,25);1H. The summed E-state index contributed by atoms with van der Waals surface area (Å²) in [6, 6.07) is 8.31. The van der Waals surface area contributed by atoms with Gasteiger partial charge in [-0.15, -0.1) is 24.0 Å².